The fourth-order valence-electron chi connectivity index (χ4n) is 2.81. The van der Waals surface area contributed by atoms with E-state index in [0.29, 0.717) is 0 Å². The maximum Gasteiger partial charge on any atom is 0.0541 e. The second-order valence-corrected chi connectivity index (χ2v) is 6.07. The molecule has 0 amide bonds. The van der Waals surface area contributed by atoms with E-state index in [0.717, 1.165) is 10.9 Å². The molecule has 0 saturated heterocycles. The van der Waals surface area contributed by atoms with Crippen LogP contribution in [-0.4, -0.2) is 4.57 Å². The maximum absolute atomic E-state index is 3.77. The van der Waals surface area contributed by atoms with Crippen molar-refractivity contribution < 1.29 is 0 Å². The molecule has 3 rings (SSSR count). The van der Waals surface area contributed by atoms with Crippen molar-refractivity contribution >= 4 is 43.4 Å². The minimum atomic E-state index is 0.875. The highest BCUT2D eigenvalue weighted by molar-refractivity contribution is 9.10. The van der Waals surface area contributed by atoms with Gasteiger partial charge < -0.3 is 4.57 Å². The lowest BCUT2D eigenvalue weighted by atomic mass is 10.2. The van der Waals surface area contributed by atoms with E-state index in [1.165, 1.54) is 27.5 Å². The van der Waals surface area contributed by atoms with Crippen molar-refractivity contribution in [1.29, 1.82) is 0 Å². The zero-order chi connectivity index (χ0) is 15.5. The van der Waals surface area contributed by atoms with Gasteiger partial charge in [-0.1, -0.05) is 52.4 Å². The molecule has 1 heterocycles. The standard InChI is InChI=1S/C20H18BrN/c1-3-5-6-9-16(4-2)22-19-11-8-7-10-17(19)18-14-15(21)12-13-20(18)22/h3-4,6-14H,1,5H2,2H3/b9-6-,16-4+. The summed E-state index contributed by atoms with van der Waals surface area (Å²) in [6.45, 7) is 5.85. The van der Waals surface area contributed by atoms with Crippen molar-refractivity contribution in [2.24, 2.45) is 0 Å². The Morgan fingerprint density at radius 2 is 1.91 bits per heavy atom. The number of aromatic nitrogens is 1. The summed E-state index contributed by atoms with van der Waals surface area (Å²) in [6, 6.07) is 15.0. The van der Waals surface area contributed by atoms with E-state index in [9.17, 15) is 0 Å². The number of benzene rings is 2. The van der Waals surface area contributed by atoms with Crippen LogP contribution in [0.15, 0.2) is 77.8 Å². The van der Waals surface area contributed by atoms with Crippen LogP contribution in [0.5, 0.6) is 0 Å². The highest BCUT2D eigenvalue weighted by Crippen LogP contribution is 2.33. The Bertz CT molecular complexity index is 897. The third kappa shape index (κ3) is 2.55. The molecule has 2 heteroatoms. The van der Waals surface area contributed by atoms with Crippen molar-refractivity contribution in [1.82, 2.24) is 4.57 Å². The summed E-state index contributed by atoms with van der Waals surface area (Å²) in [5.41, 5.74) is 3.63. The Labute approximate surface area is 139 Å². The molecule has 0 unspecified atom stereocenters. The Balaban J connectivity index is 2.33. The quantitative estimate of drug-likeness (QED) is 0.371. The van der Waals surface area contributed by atoms with Gasteiger partial charge in [0.05, 0.1) is 11.0 Å². The lowest BCUT2D eigenvalue weighted by Crippen LogP contribution is -1.94. The van der Waals surface area contributed by atoms with Crippen molar-refractivity contribution in [3.8, 4) is 0 Å². The fourth-order valence-corrected chi connectivity index (χ4v) is 3.17. The van der Waals surface area contributed by atoms with Gasteiger partial charge in [0.25, 0.3) is 0 Å². The second-order valence-electron chi connectivity index (χ2n) is 5.15. The minimum Gasteiger partial charge on any atom is -0.310 e. The number of fused-ring (bicyclic) bond motifs is 3. The van der Waals surface area contributed by atoms with Gasteiger partial charge in [-0.05, 0) is 43.7 Å². The van der Waals surface area contributed by atoms with Crippen molar-refractivity contribution in [2.45, 2.75) is 13.3 Å². The van der Waals surface area contributed by atoms with Crippen LogP contribution >= 0.6 is 15.9 Å². The molecule has 1 aromatic heterocycles. The lowest BCUT2D eigenvalue weighted by molar-refractivity contribution is 1.22. The van der Waals surface area contributed by atoms with Crippen LogP contribution in [0.3, 0.4) is 0 Å². The average molecular weight is 352 g/mol. The number of hydrogen-bond donors (Lipinski definition) is 0. The summed E-state index contributed by atoms with van der Waals surface area (Å²) in [4.78, 5) is 0. The molecule has 0 fully saturated rings. The SMILES string of the molecule is C=CC/C=C\C(=C/C)n1c2ccccc2c2cc(Br)ccc21. The van der Waals surface area contributed by atoms with Gasteiger partial charge >= 0.3 is 0 Å². The van der Waals surface area contributed by atoms with Gasteiger partial charge in [0.15, 0.2) is 0 Å². The van der Waals surface area contributed by atoms with Crippen molar-refractivity contribution in [2.75, 3.05) is 0 Å². The normalized spacial score (nSPS) is 12.5. The second kappa shape index (κ2) is 6.37. The van der Waals surface area contributed by atoms with E-state index >= 15 is 0 Å². The minimum absolute atomic E-state index is 0.875. The fraction of sp³-hybridized carbons (Fsp3) is 0.100. The predicted octanol–water partition coefficient (Wildman–Crippen LogP) is 6.55. The van der Waals surface area contributed by atoms with Gasteiger partial charge in [-0.3, -0.25) is 0 Å². The molecule has 1 nitrogen and oxygen atoms in total. The van der Waals surface area contributed by atoms with E-state index in [1.54, 1.807) is 0 Å². The summed E-state index contributed by atoms with van der Waals surface area (Å²) in [7, 11) is 0. The van der Waals surface area contributed by atoms with Crippen LogP contribution in [-0.2, 0) is 0 Å². The molecule has 0 spiro atoms. The molecule has 0 aliphatic heterocycles. The van der Waals surface area contributed by atoms with E-state index in [4.69, 9.17) is 0 Å². The summed E-state index contributed by atoms with van der Waals surface area (Å²) >= 11 is 3.58. The third-order valence-corrected chi connectivity index (χ3v) is 4.27. The summed E-state index contributed by atoms with van der Waals surface area (Å²) in [5, 5.41) is 2.54. The predicted molar refractivity (Wildman–Crippen MR) is 101 cm³/mol. The number of hydrogen-bond acceptors (Lipinski definition) is 0. The molecular weight excluding hydrogens is 334 g/mol. The van der Waals surface area contributed by atoms with Crippen molar-refractivity contribution in [3.63, 3.8) is 0 Å². The first-order valence-electron chi connectivity index (χ1n) is 7.39. The number of rotatable bonds is 4. The van der Waals surface area contributed by atoms with Gasteiger partial charge in [0.1, 0.15) is 0 Å². The zero-order valence-corrected chi connectivity index (χ0v) is 14.2. The summed E-state index contributed by atoms with van der Waals surface area (Å²) in [6.07, 6.45) is 9.23. The summed E-state index contributed by atoms with van der Waals surface area (Å²) in [5.74, 6) is 0. The first-order valence-corrected chi connectivity index (χ1v) is 8.18. The smallest absolute Gasteiger partial charge is 0.0541 e. The lowest BCUT2D eigenvalue weighted by Gasteiger charge is -2.08. The molecule has 0 aliphatic rings. The Hall–Kier alpha value is -2.06. The van der Waals surface area contributed by atoms with Crippen LogP contribution in [0.25, 0.3) is 27.5 Å². The molecule has 0 saturated carbocycles. The molecule has 2 aromatic carbocycles. The van der Waals surface area contributed by atoms with E-state index in [2.05, 4.69) is 94.7 Å². The highest BCUT2D eigenvalue weighted by Gasteiger charge is 2.11. The van der Waals surface area contributed by atoms with Crippen LogP contribution < -0.4 is 0 Å². The molecule has 0 N–H and O–H groups in total. The maximum atomic E-state index is 3.77. The van der Waals surface area contributed by atoms with Crippen LogP contribution in [0.4, 0.5) is 0 Å². The van der Waals surface area contributed by atoms with E-state index < -0.39 is 0 Å². The molecule has 0 radical (unpaired) electrons. The molecular formula is C20H18BrN. The monoisotopic (exact) mass is 351 g/mol. The van der Waals surface area contributed by atoms with Gasteiger partial charge in [-0.2, -0.15) is 0 Å². The van der Waals surface area contributed by atoms with Gasteiger partial charge in [0.2, 0.25) is 0 Å². The van der Waals surface area contributed by atoms with Crippen molar-refractivity contribution in [3.05, 3.63) is 77.8 Å². The number of para-hydroxylation sites is 1. The Kier molecular flexibility index (Phi) is 4.30. The first-order chi connectivity index (χ1) is 10.8. The molecule has 0 atom stereocenters. The average Bonchev–Trinajstić information content (AvgIpc) is 2.86. The first kappa shape index (κ1) is 14.9. The number of allylic oxidation sites excluding steroid dienone is 5. The van der Waals surface area contributed by atoms with Gasteiger partial charge in [-0.15, -0.1) is 6.58 Å². The van der Waals surface area contributed by atoms with Gasteiger partial charge in [0, 0.05) is 20.9 Å². The topological polar surface area (TPSA) is 4.93 Å². The number of halogens is 1. The third-order valence-electron chi connectivity index (χ3n) is 3.78. The van der Waals surface area contributed by atoms with Crippen LogP contribution in [0.2, 0.25) is 0 Å². The highest BCUT2D eigenvalue weighted by atomic mass is 79.9. The van der Waals surface area contributed by atoms with Crippen LogP contribution in [0.1, 0.15) is 13.3 Å². The summed E-state index contributed by atoms with van der Waals surface area (Å²) < 4.78 is 3.42. The largest absolute Gasteiger partial charge is 0.310 e. The molecule has 110 valence electrons. The van der Waals surface area contributed by atoms with Crippen LogP contribution in [0, 0.1) is 0 Å². The molecule has 22 heavy (non-hydrogen) atoms. The number of nitrogens with zero attached hydrogens (tertiary/aromatic N) is 1. The zero-order valence-electron chi connectivity index (χ0n) is 12.6. The molecule has 0 aliphatic carbocycles. The Morgan fingerprint density at radius 3 is 2.68 bits per heavy atom. The van der Waals surface area contributed by atoms with E-state index in [-0.39, 0.29) is 0 Å². The molecule has 3 aromatic rings. The van der Waals surface area contributed by atoms with Gasteiger partial charge in [-0.25, -0.2) is 0 Å². The molecule has 0 bridgehead atoms. The van der Waals surface area contributed by atoms with E-state index in [1.807, 2.05) is 6.08 Å². The Morgan fingerprint density at radius 1 is 1.14 bits per heavy atom.